The van der Waals surface area contributed by atoms with Crippen LogP contribution in [0.25, 0.3) is 10.6 Å². The molecule has 34 heavy (non-hydrogen) atoms. The van der Waals surface area contributed by atoms with E-state index in [0.717, 1.165) is 47.4 Å². The molecular weight excluding hydrogens is 467 g/mol. The van der Waals surface area contributed by atoms with Crippen molar-refractivity contribution in [3.63, 3.8) is 0 Å². The van der Waals surface area contributed by atoms with Gasteiger partial charge < -0.3 is 15.0 Å². The molecule has 1 saturated heterocycles. The number of likely N-dealkylation sites (N-methyl/N-ethyl adjacent to an activating group) is 1. The Hall–Kier alpha value is -3.05. The number of nitrogens with one attached hydrogen (secondary N) is 1. The van der Waals surface area contributed by atoms with Gasteiger partial charge in [0, 0.05) is 53.2 Å². The summed E-state index contributed by atoms with van der Waals surface area (Å²) in [6.45, 7) is 5.35. The number of benzene rings is 1. The Morgan fingerprint density at radius 2 is 1.94 bits per heavy atom. The molecule has 2 aromatic heterocycles. The quantitative estimate of drug-likeness (QED) is 0.547. The van der Waals surface area contributed by atoms with E-state index in [1.807, 2.05) is 20.0 Å². The molecule has 7 nitrogen and oxygen atoms in total. The Morgan fingerprint density at radius 3 is 2.53 bits per heavy atom. The van der Waals surface area contributed by atoms with Crippen molar-refractivity contribution in [1.29, 1.82) is 0 Å². The second-order valence-electron chi connectivity index (χ2n) is 8.35. The van der Waals surface area contributed by atoms with Crippen LogP contribution in [0, 0.1) is 6.92 Å². The maximum atomic E-state index is 13.1. The van der Waals surface area contributed by atoms with Crippen molar-refractivity contribution in [2.24, 2.45) is 0 Å². The van der Waals surface area contributed by atoms with E-state index in [1.54, 1.807) is 25.3 Å². The maximum Gasteiger partial charge on any atom is 0.451 e. The number of halogens is 3. The van der Waals surface area contributed by atoms with E-state index >= 15 is 0 Å². The SMILES string of the molecule is Cc1cnc(-c2cc(O[C@H]3CCN(C)C3)cc(C(=O)N[C@H](C)c3cnc(C(F)(F)F)nc3)c2)s1. The van der Waals surface area contributed by atoms with Crippen LogP contribution in [0.2, 0.25) is 0 Å². The fraction of sp³-hybridized carbons (Fsp3) is 0.391. The summed E-state index contributed by atoms with van der Waals surface area (Å²) in [5.41, 5.74) is 1.49. The summed E-state index contributed by atoms with van der Waals surface area (Å²) in [6, 6.07) is 4.68. The van der Waals surface area contributed by atoms with Crippen LogP contribution >= 0.6 is 11.3 Å². The lowest BCUT2D eigenvalue weighted by Crippen LogP contribution is -2.27. The molecule has 180 valence electrons. The fourth-order valence-corrected chi connectivity index (χ4v) is 4.42. The average molecular weight is 492 g/mol. The van der Waals surface area contributed by atoms with Gasteiger partial charge in [0.15, 0.2) is 0 Å². The number of hydrogen-bond acceptors (Lipinski definition) is 7. The fourth-order valence-electron chi connectivity index (χ4n) is 3.66. The van der Waals surface area contributed by atoms with Gasteiger partial charge in [0.25, 0.3) is 5.91 Å². The highest BCUT2D eigenvalue weighted by molar-refractivity contribution is 7.14. The highest BCUT2D eigenvalue weighted by Crippen LogP contribution is 2.31. The minimum absolute atomic E-state index is 0.0254. The van der Waals surface area contributed by atoms with Gasteiger partial charge in [-0.2, -0.15) is 13.2 Å². The first-order chi connectivity index (χ1) is 16.1. The van der Waals surface area contributed by atoms with E-state index in [4.69, 9.17) is 4.74 Å². The van der Waals surface area contributed by atoms with Crippen molar-refractivity contribution < 1.29 is 22.7 Å². The molecule has 1 aromatic carbocycles. The van der Waals surface area contributed by atoms with Crippen LogP contribution in [-0.2, 0) is 6.18 Å². The molecule has 11 heteroatoms. The number of ether oxygens (including phenoxy) is 1. The Labute approximate surface area is 199 Å². The van der Waals surface area contributed by atoms with Gasteiger partial charge in [0.2, 0.25) is 5.82 Å². The number of aromatic nitrogens is 3. The van der Waals surface area contributed by atoms with Crippen LogP contribution in [0.15, 0.2) is 36.8 Å². The molecule has 1 aliphatic rings. The van der Waals surface area contributed by atoms with Gasteiger partial charge in [-0.25, -0.2) is 15.0 Å². The number of alkyl halides is 3. The molecule has 0 unspecified atom stereocenters. The smallest absolute Gasteiger partial charge is 0.451 e. The van der Waals surface area contributed by atoms with Gasteiger partial charge >= 0.3 is 6.18 Å². The molecule has 0 saturated carbocycles. The third-order valence-electron chi connectivity index (χ3n) is 5.46. The number of carbonyl (C=O) groups excluding carboxylic acids is 1. The summed E-state index contributed by atoms with van der Waals surface area (Å²) in [5, 5.41) is 3.57. The second kappa shape index (κ2) is 9.67. The van der Waals surface area contributed by atoms with Crippen molar-refractivity contribution in [3.8, 4) is 16.3 Å². The Bertz CT molecular complexity index is 1170. The van der Waals surface area contributed by atoms with Gasteiger partial charge in [-0.1, -0.05) is 0 Å². The monoisotopic (exact) mass is 491 g/mol. The summed E-state index contributed by atoms with van der Waals surface area (Å²) >= 11 is 1.51. The van der Waals surface area contributed by atoms with Crippen molar-refractivity contribution in [1.82, 2.24) is 25.2 Å². The van der Waals surface area contributed by atoms with Crippen LogP contribution in [0.5, 0.6) is 5.75 Å². The van der Waals surface area contributed by atoms with Crippen LogP contribution in [0.3, 0.4) is 0 Å². The zero-order valence-electron chi connectivity index (χ0n) is 18.9. The Morgan fingerprint density at radius 1 is 1.21 bits per heavy atom. The normalized spacial score (nSPS) is 17.5. The Balaban J connectivity index is 1.56. The number of thiazole rings is 1. The molecule has 0 spiro atoms. The average Bonchev–Trinajstić information content (AvgIpc) is 3.40. The summed E-state index contributed by atoms with van der Waals surface area (Å²) in [4.78, 5) is 27.5. The number of likely N-dealkylation sites (tertiary alicyclic amines) is 1. The van der Waals surface area contributed by atoms with E-state index < -0.39 is 23.9 Å². The molecule has 0 bridgehead atoms. The minimum atomic E-state index is -4.62. The first-order valence-electron chi connectivity index (χ1n) is 10.7. The van der Waals surface area contributed by atoms with Crippen molar-refractivity contribution >= 4 is 17.2 Å². The predicted octanol–water partition coefficient (Wildman–Crippen LogP) is 4.50. The zero-order chi connectivity index (χ0) is 24.5. The van der Waals surface area contributed by atoms with Gasteiger partial charge in [-0.05, 0) is 45.5 Å². The topological polar surface area (TPSA) is 80.2 Å². The number of nitrogens with zero attached hydrogens (tertiary/aromatic N) is 4. The number of amides is 1. The number of aryl methyl sites for hydroxylation is 1. The number of carbonyl (C=O) groups is 1. The summed E-state index contributed by atoms with van der Waals surface area (Å²) in [6.07, 6.45) is 0.207. The third-order valence-corrected chi connectivity index (χ3v) is 6.42. The van der Waals surface area contributed by atoms with Gasteiger partial charge in [0.1, 0.15) is 16.9 Å². The van der Waals surface area contributed by atoms with Crippen LogP contribution in [0.1, 0.15) is 46.0 Å². The molecule has 3 aromatic rings. The van der Waals surface area contributed by atoms with Crippen LogP contribution in [-0.4, -0.2) is 52.0 Å². The van der Waals surface area contributed by atoms with Crippen molar-refractivity contribution in [2.45, 2.75) is 38.6 Å². The molecule has 0 aliphatic carbocycles. The van der Waals surface area contributed by atoms with Crippen LogP contribution < -0.4 is 10.1 Å². The standard InChI is InChI=1S/C23H24F3N5O2S/c1-13-9-27-21(34-13)16-6-15(7-19(8-16)33-18-4-5-31(3)12-18)20(32)30-14(2)17-10-28-22(29-11-17)23(24,25)26/h6-11,14,18H,4-5,12H2,1-3H3,(H,30,32)/t14-,18+/m1/s1. The molecule has 1 N–H and O–H groups in total. The predicted molar refractivity (Wildman–Crippen MR) is 122 cm³/mol. The maximum absolute atomic E-state index is 13.1. The van der Waals surface area contributed by atoms with E-state index in [9.17, 15) is 18.0 Å². The van der Waals surface area contributed by atoms with Crippen molar-refractivity contribution in [2.75, 3.05) is 20.1 Å². The van der Waals surface area contributed by atoms with Gasteiger partial charge in [-0.15, -0.1) is 11.3 Å². The van der Waals surface area contributed by atoms with E-state index in [1.165, 1.54) is 11.3 Å². The lowest BCUT2D eigenvalue weighted by molar-refractivity contribution is -0.145. The molecule has 4 rings (SSSR count). The van der Waals surface area contributed by atoms with E-state index in [0.29, 0.717) is 16.9 Å². The summed E-state index contributed by atoms with van der Waals surface area (Å²) in [7, 11) is 2.03. The first-order valence-corrected chi connectivity index (χ1v) is 11.5. The largest absolute Gasteiger partial charge is 0.489 e. The zero-order valence-corrected chi connectivity index (χ0v) is 19.7. The second-order valence-corrected chi connectivity index (χ2v) is 9.58. The van der Waals surface area contributed by atoms with Gasteiger partial charge in [-0.3, -0.25) is 4.79 Å². The molecule has 1 fully saturated rings. The molecule has 3 heterocycles. The molecule has 1 aliphatic heterocycles. The number of rotatable bonds is 6. The van der Waals surface area contributed by atoms with E-state index in [-0.39, 0.29) is 6.10 Å². The molecule has 1 amide bonds. The summed E-state index contributed by atoms with van der Waals surface area (Å²) < 4.78 is 44.3. The number of hydrogen-bond donors (Lipinski definition) is 1. The highest BCUT2D eigenvalue weighted by Gasteiger charge is 2.34. The van der Waals surface area contributed by atoms with E-state index in [2.05, 4.69) is 25.2 Å². The molecule has 2 atom stereocenters. The lowest BCUT2D eigenvalue weighted by Gasteiger charge is -2.17. The molecular formula is C23H24F3N5O2S. The van der Waals surface area contributed by atoms with Crippen molar-refractivity contribution in [3.05, 3.63) is 58.6 Å². The minimum Gasteiger partial charge on any atom is -0.489 e. The highest BCUT2D eigenvalue weighted by atomic mass is 32.1. The first kappa shape index (κ1) is 24.1. The molecule has 0 radical (unpaired) electrons. The van der Waals surface area contributed by atoms with Gasteiger partial charge in [0.05, 0.1) is 6.04 Å². The lowest BCUT2D eigenvalue weighted by atomic mass is 10.1. The van der Waals surface area contributed by atoms with Crippen LogP contribution in [0.4, 0.5) is 13.2 Å². The third kappa shape index (κ3) is 5.71. The Kier molecular flexibility index (Phi) is 6.85. The summed E-state index contributed by atoms with van der Waals surface area (Å²) in [5.74, 6) is -1.04.